The van der Waals surface area contributed by atoms with Crippen LogP contribution in [0.25, 0.3) is 0 Å². The first-order valence-corrected chi connectivity index (χ1v) is 6.16. The summed E-state index contributed by atoms with van der Waals surface area (Å²) in [6, 6.07) is 5.19. The smallest absolute Gasteiger partial charge is 0.120 e. The van der Waals surface area contributed by atoms with Crippen LogP contribution in [0.1, 0.15) is 25.8 Å². The van der Waals surface area contributed by atoms with E-state index in [1.807, 2.05) is 6.07 Å². The Hall–Kier alpha value is -1.26. The van der Waals surface area contributed by atoms with E-state index in [-0.39, 0.29) is 17.8 Å². The second-order valence-corrected chi connectivity index (χ2v) is 5.24. The lowest BCUT2D eigenvalue weighted by atomic mass is 9.90. The molecular formula is C14H23NO3. The van der Waals surface area contributed by atoms with Crippen LogP contribution in [0, 0.1) is 5.41 Å². The quantitative estimate of drug-likeness (QED) is 0.694. The number of aliphatic hydroxyl groups is 1. The molecule has 1 rings (SSSR count). The third kappa shape index (κ3) is 4.55. The van der Waals surface area contributed by atoms with Crippen molar-refractivity contribution in [2.75, 3.05) is 20.3 Å². The number of hydrogen-bond donors (Lipinski definition) is 3. The Morgan fingerprint density at radius 2 is 2.06 bits per heavy atom. The first kappa shape index (κ1) is 14.8. The van der Waals surface area contributed by atoms with Gasteiger partial charge in [0, 0.05) is 25.3 Å². The fraction of sp³-hybridized carbons (Fsp3) is 0.571. The SMILES string of the molecule is COc1ccc(O)c(CNCC(C)(C)CCO)c1. The molecule has 102 valence electrons. The first-order chi connectivity index (χ1) is 8.48. The van der Waals surface area contributed by atoms with E-state index in [1.165, 1.54) is 0 Å². The van der Waals surface area contributed by atoms with E-state index in [0.29, 0.717) is 6.54 Å². The van der Waals surface area contributed by atoms with Crippen molar-refractivity contribution in [1.82, 2.24) is 5.32 Å². The lowest BCUT2D eigenvalue weighted by Crippen LogP contribution is -2.29. The van der Waals surface area contributed by atoms with Gasteiger partial charge in [-0.2, -0.15) is 0 Å². The summed E-state index contributed by atoms with van der Waals surface area (Å²) >= 11 is 0. The number of aliphatic hydroxyl groups excluding tert-OH is 1. The van der Waals surface area contributed by atoms with Crippen molar-refractivity contribution in [2.24, 2.45) is 5.41 Å². The van der Waals surface area contributed by atoms with E-state index in [0.717, 1.165) is 24.3 Å². The molecule has 0 saturated carbocycles. The summed E-state index contributed by atoms with van der Waals surface area (Å²) in [7, 11) is 1.61. The molecule has 0 aliphatic carbocycles. The van der Waals surface area contributed by atoms with Gasteiger partial charge in [-0.1, -0.05) is 13.8 Å². The van der Waals surface area contributed by atoms with E-state index in [1.54, 1.807) is 19.2 Å². The fourth-order valence-electron chi connectivity index (χ4n) is 1.76. The Bertz CT molecular complexity index is 377. The standard InChI is InChI=1S/C14H23NO3/c1-14(2,6-7-16)10-15-9-11-8-12(18-3)4-5-13(11)17/h4-5,8,15-17H,6-7,9-10H2,1-3H3. The molecule has 0 amide bonds. The van der Waals surface area contributed by atoms with Crippen LogP contribution in [0.2, 0.25) is 0 Å². The zero-order chi connectivity index (χ0) is 13.6. The maximum atomic E-state index is 9.73. The van der Waals surface area contributed by atoms with Crippen LogP contribution in [0.15, 0.2) is 18.2 Å². The molecule has 0 unspecified atom stereocenters. The Morgan fingerprint density at radius 1 is 1.33 bits per heavy atom. The third-order valence-corrected chi connectivity index (χ3v) is 2.99. The molecule has 1 aromatic rings. The summed E-state index contributed by atoms with van der Waals surface area (Å²) in [6.07, 6.45) is 0.754. The van der Waals surface area contributed by atoms with Crippen LogP contribution >= 0.6 is 0 Å². The first-order valence-electron chi connectivity index (χ1n) is 6.16. The topological polar surface area (TPSA) is 61.7 Å². The van der Waals surface area contributed by atoms with Crippen LogP contribution in [0.4, 0.5) is 0 Å². The lowest BCUT2D eigenvalue weighted by Gasteiger charge is -2.24. The zero-order valence-corrected chi connectivity index (χ0v) is 11.4. The summed E-state index contributed by atoms with van der Waals surface area (Å²) in [5.74, 6) is 1.00. The molecule has 0 radical (unpaired) electrons. The molecule has 0 aliphatic rings. The molecule has 4 heteroatoms. The highest BCUT2D eigenvalue weighted by atomic mass is 16.5. The molecule has 18 heavy (non-hydrogen) atoms. The highest BCUT2D eigenvalue weighted by Crippen LogP contribution is 2.23. The Morgan fingerprint density at radius 3 is 2.67 bits per heavy atom. The van der Waals surface area contributed by atoms with Gasteiger partial charge in [-0.3, -0.25) is 0 Å². The van der Waals surface area contributed by atoms with E-state index in [4.69, 9.17) is 9.84 Å². The molecule has 0 aliphatic heterocycles. The molecule has 1 aromatic carbocycles. The Balaban J connectivity index is 2.53. The molecular weight excluding hydrogens is 230 g/mol. The van der Waals surface area contributed by atoms with Crippen molar-refractivity contribution < 1.29 is 14.9 Å². The minimum Gasteiger partial charge on any atom is -0.508 e. The molecule has 0 spiro atoms. The highest BCUT2D eigenvalue weighted by molar-refractivity contribution is 5.39. The van der Waals surface area contributed by atoms with Gasteiger partial charge in [0.25, 0.3) is 0 Å². The summed E-state index contributed by atoms with van der Waals surface area (Å²) < 4.78 is 5.12. The van der Waals surface area contributed by atoms with E-state index < -0.39 is 0 Å². The van der Waals surface area contributed by atoms with Gasteiger partial charge in [0.2, 0.25) is 0 Å². The number of aromatic hydroxyl groups is 1. The monoisotopic (exact) mass is 253 g/mol. The van der Waals surface area contributed by atoms with Crippen LogP contribution < -0.4 is 10.1 Å². The van der Waals surface area contributed by atoms with Gasteiger partial charge >= 0.3 is 0 Å². The lowest BCUT2D eigenvalue weighted by molar-refractivity contribution is 0.207. The largest absolute Gasteiger partial charge is 0.508 e. The summed E-state index contributed by atoms with van der Waals surface area (Å²) in [5, 5.41) is 22.0. The third-order valence-electron chi connectivity index (χ3n) is 2.99. The van der Waals surface area contributed by atoms with Crippen molar-refractivity contribution in [2.45, 2.75) is 26.8 Å². The van der Waals surface area contributed by atoms with Crippen molar-refractivity contribution in [3.63, 3.8) is 0 Å². The minimum atomic E-state index is 0.0449. The highest BCUT2D eigenvalue weighted by Gasteiger charge is 2.16. The number of phenols is 1. The molecule has 0 atom stereocenters. The number of benzene rings is 1. The number of phenolic OH excluding ortho intramolecular Hbond substituents is 1. The predicted molar refractivity (Wildman–Crippen MR) is 71.8 cm³/mol. The minimum absolute atomic E-state index is 0.0449. The maximum Gasteiger partial charge on any atom is 0.120 e. The molecule has 0 fully saturated rings. The van der Waals surface area contributed by atoms with Gasteiger partial charge in [-0.05, 0) is 30.0 Å². The molecule has 0 saturated heterocycles. The summed E-state index contributed by atoms with van der Waals surface area (Å²) in [4.78, 5) is 0. The predicted octanol–water partition coefficient (Wildman–Crippen LogP) is 1.90. The second-order valence-electron chi connectivity index (χ2n) is 5.24. The molecule has 0 bridgehead atoms. The fourth-order valence-corrected chi connectivity index (χ4v) is 1.76. The Labute approximate surface area is 109 Å². The molecule has 0 aromatic heterocycles. The van der Waals surface area contributed by atoms with Gasteiger partial charge in [0.05, 0.1) is 7.11 Å². The van der Waals surface area contributed by atoms with Crippen LogP contribution in [0.3, 0.4) is 0 Å². The number of rotatable bonds is 7. The Kier molecular flexibility index (Phi) is 5.44. The number of hydrogen-bond acceptors (Lipinski definition) is 4. The average molecular weight is 253 g/mol. The normalized spacial score (nSPS) is 11.6. The van der Waals surface area contributed by atoms with Crippen LogP contribution in [0.5, 0.6) is 11.5 Å². The van der Waals surface area contributed by atoms with E-state index in [2.05, 4.69) is 19.2 Å². The number of ether oxygens (including phenoxy) is 1. The van der Waals surface area contributed by atoms with Gasteiger partial charge in [0.15, 0.2) is 0 Å². The van der Waals surface area contributed by atoms with Gasteiger partial charge < -0.3 is 20.3 Å². The van der Waals surface area contributed by atoms with E-state index in [9.17, 15) is 5.11 Å². The second kappa shape index (κ2) is 6.61. The molecule has 4 nitrogen and oxygen atoms in total. The van der Waals surface area contributed by atoms with Crippen LogP contribution in [-0.2, 0) is 6.54 Å². The van der Waals surface area contributed by atoms with Crippen molar-refractivity contribution in [3.8, 4) is 11.5 Å². The van der Waals surface area contributed by atoms with Crippen molar-refractivity contribution in [3.05, 3.63) is 23.8 Å². The number of nitrogens with one attached hydrogen (secondary N) is 1. The van der Waals surface area contributed by atoms with Crippen molar-refractivity contribution in [1.29, 1.82) is 0 Å². The average Bonchev–Trinajstić information content (AvgIpc) is 2.31. The maximum absolute atomic E-state index is 9.73. The van der Waals surface area contributed by atoms with Crippen LogP contribution in [-0.4, -0.2) is 30.5 Å². The van der Waals surface area contributed by atoms with Crippen molar-refractivity contribution >= 4 is 0 Å². The van der Waals surface area contributed by atoms with Gasteiger partial charge in [-0.15, -0.1) is 0 Å². The zero-order valence-electron chi connectivity index (χ0n) is 11.4. The summed E-state index contributed by atoms with van der Waals surface area (Å²) in [6.45, 7) is 5.75. The van der Waals surface area contributed by atoms with Gasteiger partial charge in [0.1, 0.15) is 11.5 Å². The summed E-state index contributed by atoms with van der Waals surface area (Å²) in [5.41, 5.74) is 0.859. The molecule has 0 heterocycles. The molecule has 3 N–H and O–H groups in total. The van der Waals surface area contributed by atoms with E-state index >= 15 is 0 Å². The number of methoxy groups -OCH3 is 1. The van der Waals surface area contributed by atoms with Gasteiger partial charge in [-0.25, -0.2) is 0 Å².